The molecule has 0 radical (unpaired) electrons. The van der Waals surface area contributed by atoms with E-state index in [0.29, 0.717) is 18.1 Å². The van der Waals surface area contributed by atoms with Crippen molar-refractivity contribution in [2.75, 3.05) is 11.9 Å². The van der Waals surface area contributed by atoms with Gasteiger partial charge in [0.2, 0.25) is 0 Å². The number of nitrogens with two attached hydrogens (primary N) is 1. The molecule has 0 saturated carbocycles. The maximum absolute atomic E-state index is 12.2. The van der Waals surface area contributed by atoms with E-state index in [1.165, 1.54) is 24.0 Å². The second-order valence-electron chi connectivity index (χ2n) is 6.90. The lowest BCUT2D eigenvalue weighted by atomic mass is 9.90. The van der Waals surface area contributed by atoms with E-state index in [1.54, 1.807) is 18.2 Å². The van der Waals surface area contributed by atoms with Gasteiger partial charge in [0.05, 0.1) is 13.2 Å². The first-order chi connectivity index (χ1) is 13.4. The Balaban J connectivity index is 0.00000300. The molecule has 0 aromatic heterocycles. The fraction of sp³-hybridized carbons (Fsp3) is 0.381. The Bertz CT molecular complexity index is 840. The van der Waals surface area contributed by atoms with Gasteiger partial charge in [0, 0.05) is 5.69 Å². The number of alkyl halides is 3. The van der Waals surface area contributed by atoms with Crippen LogP contribution in [-0.4, -0.2) is 18.7 Å². The highest BCUT2D eigenvalue weighted by Gasteiger charge is 2.27. The number of halogens is 4. The highest BCUT2D eigenvalue weighted by atomic mass is 127. The van der Waals surface area contributed by atoms with Crippen LogP contribution in [0, 0.1) is 0 Å². The van der Waals surface area contributed by atoms with Crippen LogP contribution in [0.3, 0.4) is 0 Å². The molecule has 1 aliphatic carbocycles. The van der Waals surface area contributed by atoms with Crippen molar-refractivity contribution in [3.8, 4) is 0 Å². The van der Waals surface area contributed by atoms with E-state index in [9.17, 15) is 13.2 Å². The van der Waals surface area contributed by atoms with E-state index >= 15 is 0 Å². The Kier molecular flexibility index (Phi) is 8.76. The SMILES string of the molecule is I.NC(=NCc1cccc(COCC(F)(F)F)c1)Nc1cccc2c1CCCC2. The standard InChI is InChI=1S/C21H24F3N3O.HI/c22-21(23,24)14-28-13-16-6-3-5-15(11-16)12-26-20(25)27-19-10-4-8-17-7-1-2-9-18(17)19;/h3-6,8,10-11H,1-2,7,9,12-14H2,(H3,25,26,27);1H. The normalized spacial score (nSPS) is 14.1. The van der Waals surface area contributed by atoms with Gasteiger partial charge in [-0.05, 0) is 54.0 Å². The van der Waals surface area contributed by atoms with Gasteiger partial charge in [-0.1, -0.05) is 36.4 Å². The number of nitrogens with one attached hydrogen (secondary N) is 1. The van der Waals surface area contributed by atoms with Crippen molar-refractivity contribution in [2.24, 2.45) is 10.7 Å². The molecular weight excluding hydrogens is 494 g/mol. The summed E-state index contributed by atoms with van der Waals surface area (Å²) in [7, 11) is 0. The summed E-state index contributed by atoms with van der Waals surface area (Å²) in [6.07, 6.45) is 0.185. The van der Waals surface area contributed by atoms with Gasteiger partial charge in [0.15, 0.2) is 5.96 Å². The second-order valence-corrected chi connectivity index (χ2v) is 6.90. The maximum atomic E-state index is 12.2. The number of aliphatic imine (C=N–C) groups is 1. The fourth-order valence-corrected chi connectivity index (χ4v) is 3.35. The van der Waals surface area contributed by atoms with Crippen LogP contribution in [0.25, 0.3) is 0 Å². The number of rotatable bonds is 6. The van der Waals surface area contributed by atoms with Crippen molar-refractivity contribution in [3.05, 3.63) is 64.7 Å². The Morgan fingerprint density at radius 2 is 1.79 bits per heavy atom. The van der Waals surface area contributed by atoms with E-state index < -0.39 is 12.8 Å². The minimum atomic E-state index is -4.32. The molecule has 3 N–H and O–H groups in total. The van der Waals surface area contributed by atoms with Crippen LogP contribution in [-0.2, 0) is 30.7 Å². The summed E-state index contributed by atoms with van der Waals surface area (Å²) in [6, 6.07) is 13.3. The summed E-state index contributed by atoms with van der Waals surface area (Å²) >= 11 is 0. The summed E-state index contributed by atoms with van der Waals surface area (Å²) < 4.78 is 41.2. The van der Waals surface area contributed by atoms with Crippen LogP contribution >= 0.6 is 24.0 Å². The van der Waals surface area contributed by atoms with Crippen molar-refractivity contribution >= 4 is 35.6 Å². The third-order valence-corrected chi connectivity index (χ3v) is 4.62. The fourth-order valence-electron chi connectivity index (χ4n) is 3.35. The predicted octanol–water partition coefficient (Wildman–Crippen LogP) is 5.19. The summed E-state index contributed by atoms with van der Waals surface area (Å²) in [5.41, 5.74) is 11.2. The van der Waals surface area contributed by atoms with Gasteiger partial charge in [-0.3, -0.25) is 0 Å². The molecule has 0 saturated heterocycles. The van der Waals surface area contributed by atoms with Crippen molar-refractivity contribution < 1.29 is 17.9 Å². The van der Waals surface area contributed by atoms with Gasteiger partial charge in [-0.25, -0.2) is 4.99 Å². The van der Waals surface area contributed by atoms with Crippen LogP contribution in [0.2, 0.25) is 0 Å². The smallest absolute Gasteiger partial charge is 0.370 e. The molecule has 0 atom stereocenters. The van der Waals surface area contributed by atoms with Crippen LogP contribution in [0.5, 0.6) is 0 Å². The van der Waals surface area contributed by atoms with Gasteiger partial charge < -0.3 is 15.8 Å². The van der Waals surface area contributed by atoms with Gasteiger partial charge in [0.25, 0.3) is 0 Å². The first kappa shape index (κ1) is 23.5. The summed E-state index contributed by atoms with van der Waals surface area (Å²) in [4.78, 5) is 4.36. The maximum Gasteiger partial charge on any atom is 0.411 e. The minimum Gasteiger partial charge on any atom is -0.370 e. The van der Waals surface area contributed by atoms with E-state index in [4.69, 9.17) is 10.5 Å². The van der Waals surface area contributed by atoms with Crippen molar-refractivity contribution in [1.82, 2.24) is 0 Å². The topological polar surface area (TPSA) is 59.6 Å². The largest absolute Gasteiger partial charge is 0.411 e. The highest BCUT2D eigenvalue weighted by molar-refractivity contribution is 14.0. The monoisotopic (exact) mass is 519 g/mol. The van der Waals surface area contributed by atoms with E-state index in [-0.39, 0.29) is 30.6 Å². The van der Waals surface area contributed by atoms with Crippen LogP contribution in [0.15, 0.2) is 47.5 Å². The van der Waals surface area contributed by atoms with Gasteiger partial charge in [0.1, 0.15) is 6.61 Å². The third kappa shape index (κ3) is 7.50. The first-order valence-corrected chi connectivity index (χ1v) is 9.31. The number of aryl methyl sites for hydroxylation is 1. The molecule has 8 heteroatoms. The summed E-state index contributed by atoms with van der Waals surface area (Å²) in [6.45, 7) is -1.02. The molecule has 0 heterocycles. The Labute approximate surface area is 185 Å². The zero-order valence-corrected chi connectivity index (χ0v) is 18.3. The lowest BCUT2D eigenvalue weighted by molar-refractivity contribution is -0.176. The molecule has 2 aromatic carbocycles. The summed E-state index contributed by atoms with van der Waals surface area (Å²) in [5, 5.41) is 3.18. The van der Waals surface area contributed by atoms with Gasteiger partial charge >= 0.3 is 6.18 Å². The van der Waals surface area contributed by atoms with Gasteiger partial charge in [-0.2, -0.15) is 13.2 Å². The van der Waals surface area contributed by atoms with E-state index in [1.807, 2.05) is 18.2 Å². The van der Waals surface area contributed by atoms with Crippen LogP contribution in [0.1, 0.15) is 35.1 Å². The Hall–Kier alpha value is -1.81. The number of nitrogens with zero attached hydrogens (tertiary/aromatic N) is 1. The highest BCUT2D eigenvalue weighted by Crippen LogP contribution is 2.27. The molecule has 29 heavy (non-hydrogen) atoms. The predicted molar refractivity (Wildman–Crippen MR) is 120 cm³/mol. The van der Waals surface area contributed by atoms with E-state index in [2.05, 4.69) is 16.4 Å². The van der Waals surface area contributed by atoms with Crippen LogP contribution in [0.4, 0.5) is 18.9 Å². The lowest BCUT2D eigenvalue weighted by Crippen LogP contribution is -2.24. The molecule has 158 valence electrons. The number of benzene rings is 2. The quantitative estimate of drug-likeness (QED) is 0.314. The molecule has 0 bridgehead atoms. The molecular formula is C21H25F3IN3O. The average Bonchev–Trinajstić information content (AvgIpc) is 2.66. The molecule has 0 fully saturated rings. The molecule has 1 aliphatic rings. The average molecular weight is 519 g/mol. The molecule has 0 unspecified atom stereocenters. The van der Waals surface area contributed by atoms with Crippen molar-refractivity contribution in [1.29, 1.82) is 0 Å². The second kappa shape index (κ2) is 10.8. The molecule has 0 aliphatic heterocycles. The molecule has 2 aromatic rings. The number of hydrogen-bond acceptors (Lipinski definition) is 2. The summed E-state index contributed by atoms with van der Waals surface area (Å²) in [5.74, 6) is 0.317. The molecule has 0 amide bonds. The zero-order valence-electron chi connectivity index (χ0n) is 16.0. The molecule has 0 spiro atoms. The Morgan fingerprint density at radius 3 is 2.59 bits per heavy atom. The number of anilines is 1. The first-order valence-electron chi connectivity index (χ1n) is 9.31. The van der Waals surface area contributed by atoms with Crippen molar-refractivity contribution in [2.45, 2.75) is 45.0 Å². The number of guanidine groups is 1. The van der Waals surface area contributed by atoms with Gasteiger partial charge in [-0.15, -0.1) is 24.0 Å². The van der Waals surface area contributed by atoms with E-state index in [0.717, 1.165) is 24.1 Å². The zero-order chi connectivity index (χ0) is 20.0. The third-order valence-electron chi connectivity index (χ3n) is 4.62. The Morgan fingerprint density at radius 1 is 1.07 bits per heavy atom. The minimum absolute atomic E-state index is 0. The van der Waals surface area contributed by atoms with Crippen LogP contribution < -0.4 is 11.1 Å². The number of fused-ring (bicyclic) bond motifs is 1. The molecule has 4 nitrogen and oxygen atoms in total. The number of hydrogen-bond donors (Lipinski definition) is 2. The number of ether oxygens (including phenoxy) is 1. The van der Waals surface area contributed by atoms with Crippen molar-refractivity contribution in [3.63, 3.8) is 0 Å². The molecule has 3 rings (SSSR count). The lowest BCUT2D eigenvalue weighted by Gasteiger charge is -2.19.